The predicted molar refractivity (Wildman–Crippen MR) is 87.1 cm³/mol. The molecular weight excluding hydrogens is 264 g/mol. The Morgan fingerprint density at radius 3 is 2.90 bits per heavy atom. The van der Waals surface area contributed by atoms with Crippen molar-refractivity contribution in [1.82, 2.24) is 10.3 Å². The summed E-state index contributed by atoms with van der Waals surface area (Å²) in [5, 5.41) is 7.08. The van der Waals surface area contributed by atoms with Crippen molar-refractivity contribution in [2.24, 2.45) is 5.92 Å². The second kappa shape index (κ2) is 6.92. The van der Waals surface area contributed by atoms with E-state index >= 15 is 0 Å². The number of carbonyl (C=O) groups excluding carboxylic acids is 1. The number of benzene rings is 1. The Morgan fingerprint density at radius 2 is 2.14 bits per heavy atom. The summed E-state index contributed by atoms with van der Waals surface area (Å²) in [6, 6.07) is 7.56. The zero-order chi connectivity index (χ0) is 15.2. The first-order valence-corrected chi connectivity index (χ1v) is 7.21. The number of amides is 1. The number of rotatable bonds is 6. The molecule has 0 fully saturated rings. The number of carbonyl (C=O) groups is 1. The molecule has 0 aliphatic heterocycles. The number of anilines is 2. The summed E-state index contributed by atoms with van der Waals surface area (Å²) in [6.45, 7) is 5.43. The number of aromatic nitrogens is 1. The highest BCUT2D eigenvalue weighted by molar-refractivity contribution is 5.98. The van der Waals surface area contributed by atoms with E-state index in [1.54, 1.807) is 6.20 Å². The molecule has 1 heterocycles. The molecule has 2 aromatic rings. The molecule has 0 saturated carbocycles. The van der Waals surface area contributed by atoms with Gasteiger partial charge >= 0.3 is 0 Å². The topological polar surface area (TPSA) is 80.0 Å². The zero-order valence-electron chi connectivity index (χ0n) is 12.5. The van der Waals surface area contributed by atoms with E-state index in [0.717, 1.165) is 16.6 Å². The SMILES string of the molecule is CC(C)CNC(=O)CCNc1ccc(N)c2cccnc12. The summed E-state index contributed by atoms with van der Waals surface area (Å²) in [7, 11) is 0. The van der Waals surface area contributed by atoms with Crippen molar-refractivity contribution >= 4 is 28.2 Å². The Morgan fingerprint density at radius 1 is 1.33 bits per heavy atom. The molecule has 4 N–H and O–H groups in total. The number of nitrogens with zero attached hydrogens (tertiary/aromatic N) is 1. The van der Waals surface area contributed by atoms with Crippen LogP contribution in [0.3, 0.4) is 0 Å². The van der Waals surface area contributed by atoms with E-state index in [2.05, 4.69) is 29.5 Å². The molecule has 21 heavy (non-hydrogen) atoms. The van der Waals surface area contributed by atoms with Crippen molar-refractivity contribution in [2.45, 2.75) is 20.3 Å². The monoisotopic (exact) mass is 286 g/mol. The largest absolute Gasteiger partial charge is 0.398 e. The van der Waals surface area contributed by atoms with Gasteiger partial charge in [0.25, 0.3) is 0 Å². The third-order valence-corrected chi connectivity index (χ3v) is 3.18. The van der Waals surface area contributed by atoms with Crippen molar-refractivity contribution in [3.8, 4) is 0 Å². The highest BCUT2D eigenvalue weighted by Gasteiger charge is 2.06. The van der Waals surface area contributed by atoms with E-state index in [1.807, 2.05) is 24.3 Å². The van der Waals surface area contributed by atoms with Gasteiger partial charge in [0, 0.05) is 36.8 Å². The molecule has 0 saturated heterocycles. The molecule has 0 spiro atoms. The van der Waals surface area contributed by atoms with Crippen LogP contribution in [0.5, 0.6) is 0 Å². The summed E-state index contributed by atoms with van der Waals surface area (Å²) in [5.41, 5.74) is 8.38. The number of hydrogen-bond acceptors (Lipinski definition) is 4. The van der Waals surface area contributed by atoms with Gasteiger partial charge in [0.05, 0.1) is 11.2 Å². The molecule has 1 aromatic carbocycles. The molecular formula is C16H22N4O. The Kier molecular flexibility index (Phi) is 4.98. The molecule has 0 unspecified atom stereocenters. The maximum atomic E-state index is 11.7. The predicted octanol–water partition coefficient (Wildman–Crippen LogP) is 2.39. The standard InChI is InChI=1S/C16H22N4O/c1-11(2)10-20-15(21)7-9-18-14-6-5-13(17)12-4-3-8-19-16(12)14/h3-6,8,11,18H,7,9-10,17H2,1-2H3,(H,20,21). The van der Waals surface area contributed by atoms with Crippen molar-refractivity contribution < 1.29 is 4.79 Å². The molecule has 2 rings (SSSR count). The first-order valence-electron chi connectivity index (χ1n) is 7.21. The van der Waals surface area contributed by atoms with Crippen LogP contribution < -0.4 is 16.4 Å². The van der Waals surface area contributed by atoms with Gasteiger partial charge in [-0.3, -0.25) is 9.78 Å². The smallest absolute Gasteiger partial charge is 0.221 e. The summed E-state index contributed by atoms with van der Waals surface area (Å²) >= 11 is 0. The lowest BCUT2D eigenvalue weighted by atomic mass is 10.1. The maximum absolute atomic E-state index is 11.7. The molecule has 0 aliphatic carbocycles. The highest BCUT2D eigenvalue weighted by Crippen LogP contribution is 2.25. The molecule has 112 valence electrons. The molecule has 5 nitrogen and oxygen atoms in total. The molecule has 1 amide bonds. The van der Waals surface area contributed by atoms with Crippen LogP contribution in [0.4, 0.5) is 11.4 Å². The molecule has 0 bridgehead atoms. The molecule has 1 aromatic heterocycles. The molecule has 0 radical (unpaired) electrons. The quantitative estimate of drug-likeness (QED) is 0.712. The summed E-state index contributed by atoms with van der Waals surface area (Å²) in [6.07, 6.45) is 2.17. The van der Waals surface area contributed by atoms with Crippen LogP contribution in [0, 0.1) is 5.92 Å². The fourth-order valence-electron chi connectivity index (χ4n) is 2.05. The van der Waals surface area contributed by atoms with Crippen LogP contribution in [0.25, 0.3) is 10.9 Å². The van der Waals surface area contributed by atoms with Crippen LogP contribution >= 0.6 is 0 Å². The molecule has 5 heteroatoms. The van der Waals surface area contributed by atoms with Crippen molar-refractivity contribution in [1.29, 1.82) is 0 Å². The fourth-order valence-corrected chi connectivity index (χ4v) is 2.05. The second-order valence-electron chi connectivity index (χ2n) is 5.48. The minimum Gasteiger partial charge on any atom is -0.398 e. The zero-order valence-corrected chi connectivity index (χ0v) is 12.5. The Hall–Kier alpha value is -2.30. The van der Waals surface area contributed by atoms with E-state index in [4.69, 9.17) is 5.73 Å². The lowest BCUT2D eigenvalue weighted by Crippen LogP contribution is -2.28. The van der Waals surface area contributed by atoms with Crippen molar-refractivity contribution in [2.75, 3.05) is 24.1 Å². The molecule has 0 atom stereocenters. The number of fused-ring (bicyclic) bond motifs is 1. The van der Waals surface area contributed by atoms with Crippen molar-refractivity contribution in [3.05, 3.63) is 30.5 Å². The Balaban J connectivity index is 1.95. The van der Waals surface area contributed by atoms with E-state index in [1.165, 1.54) is 0 Å². The van der Waals surface area contributed by atoms with E-state index < -0.39 is 0 Å². The lowest BCUT2D eigenvalue weighted by Gasteiger charge is -2.11. The number of hydrogen-bond donors (Lipinski definition) is 3. The lowest BCUT2D eigenvalue weighted by molar-refractivity contribution is -0.120. The maximum Gasteiger partial charge on any atom is 0.221 e. The van der Waals surface area contributed by atoms with Crippen LogP contribution in [-0.2, 0) is 4.79 Å². The van der Waals surface area contributed by atoms with Crippen LogP contribution in [-0.4, -0.2) is 24.0 Å². The van der Waals surface area contributed by atoms with Crippen LogP contribution in [0.1, 0.15) is 20.3 Å². The Labute approximate surface area is 124 Å². The first-order chi connectivity index (χ1) is 10.1. The first kappa shape index (κ1) is 15.1. The third kappa shape index (κ3) is 4.08. The van der Waals surface area contributed by atoms with Gasteiger partial charge in [0.15, 0.2) is 0 Å². The van der Waals surface area contributed by atoms with E-state index in [9.17, 15) is 4.79 Å². The normalized spacial score (nSPS) is 10.8. The summed E-state index contributed by atoms with van der Waals surface area (Å²) in [4.78, 5) is 16.0. The van der Waals surface area contributed by atoms with Gasteiger partial charge in [-0.15, -0.1) is 0 Å². The van der Waals surface area contributed by atoms with Gasteiger partial charge in [0.1, 0.15) is 0 Å². The minimum absolute atomic E-state index is 0.0592. The van der Waals surface area contributed by atoms with Crippen molar-refractivity contribution in [3.63, 3.8) is 0 Å². The summed E-state index contributed by atoms with van der Waals surface area (Å²) < 4.78 is 0. The van der Waals surface area contributed by atoms with Gasteiger partial charge in [-0.05, 0) is 30.2 Å². The Bertz CT molecular complexity index is 625. The van der Waals surface area contributed by atoms with Crippen LogP contribution in [0.15, 0.2) is 30.5 Å². The van der Waals surface area contributed by atoms with Gasteiger partial charge in [-0.1, -0.05) is 13.8 Å². The average Bonchev–Trinajstić information content (AvgIpc) is 2.48. The fraction of sp³-hybridized carbons (Fsp3) is 0.375. The van der Waals surface area contributed by atoms with E-state index in [0.29, 0.717) is 31.1 Å². The van der Waals surface area contributed by atoms with Crippen LogP contribution in [0.2, 0.25) is 0 Å². The van der Waals surface area contributed by atoms with E-state index in [-0.39, 0.29) is 5.91 Å². The van der Waals surface area contributed by atoms with Gasteiger partial charge in [0.2, 0.25) is 5.91 Å². The van der Waals surface area contributed by atoms with Gasteiger partial charge < -0.3 is 16.4 Å². The van der Waals surface area contributed by atoms with Gasteiger partial charge in [-0.2, -0.15) is 0 Å². The summed E-state index contributed by atoms with van der Waals surface area (Å²) in [5.74, 6) is 0.524. The third-order valence-electron chi connectivity index (χ3n) is 3.18. The highest BCUT2D eigenvalue weighted by atomic mass is 16.1. The number of pyridine rings is 1. The number of nitrogens with two attached hydrogens (primary N) is 1. The minimum atomic E-state index is 0.0592. The van der Waals surface area contributed by atoms with Gasteiger partial charge in [-0.25, -0.2) is 0 Å². The second-order valence-corrected chi connectivity index (χ2v) is 5.48. The number of nitrogen functional groups attached to an aromatic ring is 1. The molecule has 0 aliphatic rings. The number of nitrogens with one attached hydrogen (secondary N) is 2. The average molecular weight is 286 g/mol.